The predicted octanol–water partition coefficient (Wildman–Crippen LogP) is 2.63. The van der Waals surface area contributed by atoms with Gasteiger partial charge in [-0.2, -0.15) is 0 Å². The summed E-state index contributed by atoms with van der Waals surface area (Å²) in [5.74, 6) is -0.184. The molecule has 2 rings (SSSR count). The third-order valence-electron chi connectivity index (χ3n) is 3.68. The van der Waals surface area contributed by atoms with Crippen molar-refractivity contribution in [2.24, 2.45) is 5.92 Å². The predicted molar refractivity (Wildman–Crippen MR) is 69.8 cm³/mol. The number of hydrogen-bond acceptors (Lipinski definition) is 2. The highest BCUT2D eigenvalue weighted by Gasteiger charge is 2.38. The van der Waals surface area contributed by atoms with Crippen molar-refractivity contribution in [2.75, 3.05) is 5.73 Å². The molecule has 1 amide bonds. The van der Waals surface area contributed by atoms with Crippen molar-refractivity contribution < 1.29 is 9.18 Å². The Morgan fingerprint density at radius 1 is 1.44 bits per heavy atom. The van der Waals surface area contributed by atoms with Crippen LogP contribution in [0.3, 0.4) is 0 Å². The number of hydrogen-bond donors (Lipinski definition) is 2. The quantitative estimate of drug-likeness (QED) is 0.810. The summed E-state index contributed by atoms with van der Waals surface area (Å²) in [6, 6.07) is 2.76. The van der Waals surface area contributed by atoms with Crippen molar-refractivity contribution >= 4 is 11.6 Å². The molecule has 1 aliphatic rings. The second-order valence-corrected chi connectivity index (χ2v) is 5.62. The highest BCUT2D eigenvalue weighted by molar-refractivity contribution is 5.95. The van der Waals surface area contributed by atoms with E-state index in [9.17, 15) is 9.18 Å². The van der Waals surface area contributed by atoms with Gasteiger partial charge in [0.1, 0.15) is 5.82 Å². The minimum atomic E-state index is -0.440. The molecule has 0 aliphatic heterocycles. The van der Waals surface area contributed by atoms with Crippen LogP contribution in [0.1, 0.15) is 42.6 Å². The Balaban J connectivity index is 2.18. The highest BCUT2D eigenvalue weighted by Crippen LogP contribution is 2.39. The summed E-state index contributed by atoms with van der Waals surface area (Å²) in [7, 11) is 0. The van der Waals surface area contributed by atoms with E-state index in [1.807, 2.05) is 13.8 Å². The van der Waals surface area contributed by atoms with Gasteiger partial charge in [-0.25, -0.2) is 4.39 Å². The molecular formula is C14H19FN2O. The first-order valence-corrected chi connectivity index (χ1v) is 6.19. The molecule has 1 saturated carbocycles. The average Bonchev–Trinajstić information content (AvgIpc) is 3.08. The molecule has 98 valence electrons. The molecule has 3 nitrogen and oxygen atoms in total. The monoisotopic (exact) mass is 250 g/mol. The molecular weight excluding hydrogens is 231 g/mol. The first-order valence-electron chi connectivity index (χ1n) is 6.19. The summed E-state index contributed by atoms with van der Waals surface area (Å²) in [5.41, 5.74) is 6.41. The van der Waals surface area contributed by atoms with Gasteiger partial charge in [0.05, 0.1) is 0 Å². The van der Waals surface area contributed by atoms with E-state index in [4.69, 9.17) is 5.73 Å². The van der Waals surface area contributed by atoms with Crippen LogP contribution in [0.4, 0.5) is 10.1 Å². The SMILES string of the molecule is Cc1c(N)cc(C(=O)NC(C)(C)C2CC2)cc1F. The second-order valence-electron chi connectivity index (χ2n) is 5.62. The van der Waals surface area contributed by atoms with Crippen molar-refractivity contribution in [2.45, 2.75) is 39.2 Å². The number of carbonyl (C=O) groups is 1. The number of rotatable bonds is 3. The molecule has 18 heavy (non-hydrogen) atoms. The summed E-state index contributed by atoms with van der Waals surface area (Å²) < 4.78 is 13.5. The molecule has 1 aliphatic carbocycles. The first kappa shape index (κ1) is 12.9. The molecule has 0 bridgehead atoms. The van der Waals surface area contributed by atoms with E-state index in [0.29, 0.717) is 17.2 Å². The number of anilines is 1. The van der Waals surface area contributed by atoms with Crippen LogP contribution in [0.15, 0.2) is 12.1 Å². The molecule has 1 aromatic rings. The van der Waals surface area contributed by atoms with Crippen LogP contribution < -0.4 is 11.1 Å². The Kier molecular flexibility index (Phi) is 3.05. The molecule has 0 saturated heterocycles. The lowest BCUT2D eigenvalue weighted by molar-refractivity contribution is 0.0903. The molecule has 1 fully saturated rings. The van der Waals surface area contributed by atoms with Crippen LogP contribution in [0.25, 0.3) is 0 Å². The van der Waals surface area contributed by atoms with Crippen molar-refractivity contribution in [3.8, 4) is 0 Å². The Labute approximate surface area is 107 Å². The van der Waals surface area contributed by atoms with Crippen LogP contribution in [0.5, 0.6) is 0 Å². The van der Waals surface area contributed by atoms with E-state index >= 15 is 0 Å². The number of amides is 1. The average molecular weight is 250 g/mol. The van der Waals surface area contributed by atoms with Gasteiger partial charge in [-0.05, 0) is 51.7 Å². The van der Waals surface area contributed by atoms with Gasteiger partial charge in [0.25, 0.3) is 5.91 Å². The Morgan fingerprint density at radius 2 is 2.06 bits per heavy atom. The number of nitrogen functional groups attached to an aromatic ring is 1. The van der Waals surface area contributed by atoms with Gasteiger partial charge in [-0.1, -0.05) is 0 Å². The number of nitrogens with two attached hydrogens (primary N) is 1. The van der Waals surface area contributed by atoms with Gasteiger partial charge >= 0.3 is 0 Å². The third-order valence-corrected chi connectivity index (χ3v) is 3.68. The zero-order chi connectivity index (χ0) is 13.5. The smallest absolute Gasteiger partial charge is 0.251 e. The normalized spacial score (nSPS) is 15.6. The largest absolute Gasteiger partial charge is 0.398 e. The molecule has 0 aromatic heterocycles. The van der Waals surface area contributed by atoms with Crippen molar-refractivity contribution in [1.29, 1.82) is 0 Å². The summed E-state index contributed by atoms with van der Waals surface area (Å²) in [6.07, 6.45) is 2.27. The Hall–Kier alpha value is -1.58. The minimum absolute atomic E-state index is 0.243. The maximum Gasteiger partial charge on any atom is 0.251 e. The number of halogens is 1. The summed E-state index contributed by atoms with van der Waals surface area (Å²) in [6.45, 7) is 5.59. The third kappa shape index (κ3) is 2.47. The van der Waals surface area contributed by atoms with Gasteiger partial charge in [0.2, 0.25) is 0 Å². The highest BCUT2D eigenvalue weighted by atomic mass is 19.1. The molecule has 0 heterocycles. The van der Waals surface area contributed by atoms with Gasteiger partial charge < -0.3 is 11.1 Å². The topological polar surface area (TPSA) is 55.1 Å². The summed E-state index contributed by atoms with van der Waals surface area (Å²) in [4.78, 5) is 12.1. The van der Waals surface area contributed by atoms with Gasteiger partial charge in [-0.3, -0.25) is 4.79 Å². The summed E-state index contributed by atoms with van der Waals surface area (Å²) >= 11 is 0. The number of carbonyl (C=O) groups excluding carboxylic acids is 1. The van der Waals surface area contributed by atoms with E-state index < -0.39 is 5.82 Å². The number of nitrogens with one attached hydrogen (secondary N) is 1. The molecule has 3 N–H and O–H groups in total. The minimum Gasteiger partial charge on any atom is -0.398 e. The molecule has 1 aromatic carbocycles. The van der Waals surface area contributed by atoms with E-state index in [1.165, 1.54) is 12.1 Å². The van der Waals surface area contributed by atoms with E-state index in [0.717, 1.165) is 12.8 Å². The van der Waals surface area contributed by atoms with Crippen molar-refractivity contribution in [1.82, 2.24) is 5.32 Å². The molecule has 0 radical (unpaired) electrons. The summed E-state index contributed by atoms with van der Waals surface area (Å²) in [5, 5.41) is 2.95. The van der Waals surface area contributed by atoms with Gasteiger partial charge in [0, 0.05) is 22.4 Å². The van der Waals surface area contributed by atoms with Crippen LogP contribution in [0, 0.1) is 18.7 Å². The molecule has 0 atom stereocenters. The lowest BCUT2D eigenvalue weighted by Crippen LogP contribution is -2.45. The molecule has 0 spiro atoms. The van der Waals surface area contributed by atoms with E-state index in [1.54, 1.807) is 6.92 Å². The van der Waals surface area contributed by atoms with E-state index in [2.05, 4.69) is 5.32 Å². The molecule has 0 unspecified atom stereocenters. The molecule has 4 heteroatoms. The standard InChI is InChI=1S/C14H19FN2O/c1-8-11(15)6-9(7-12(8)16)13(18)17-14(2,3)10-4-5-10/h6-7,10H,4-5,16H2,1-3H3,(H,17,18). The fourth-order valence-corrected chi connectivity index (χ4v) is 2.10. The van der Waals surface area contributed by atoms with Gasteiger partial charge in [0.15, 0.2) is 0 Å². The maximum atomic E-state index is 13.5. The zero-order valence-electron chi connectivity index (χ0n) is 11.0. The van der Waals surface area contributed by atoms with Crippen LogP contribution in [0.2, 0.25) is 0 Å². The van der Waals surface area contributed by atoms with Crippen molar-refractivity contribution in [3.63, 3.8) is 0 Å². The zero-order valence-corrected chi connectivity index (χ0v) is 11.0. The van der Waals surface area contributed by atoms with E-state index in [-0.39, 0.29) is 17.0 Å². The lowest BCUT2D eigenvalue weighted by Gasteiger charge is -2.26. The fraction of sp³-hybridized carbons (Fsp3) is 0.500. The Morgan fingerprint density at radius 3 is 2.56 bits per heavy atom. The lowest BCUT2D eigenvalue weighted by atomic mass is 9.98. The maximum absolute atomic E-state index is 13.5. The van der Waals surface area contributed by atoms with Crippen LogP contribution >= 0.6 is 0 Å². The first-order chi connectivity index (χ1) is 8.31. The number of benzene rings is 1. The second kappa shape index (κ2) is 4.26. The Bertz CT molecular complexity index is 470. The van der Waals surface area contributed by atoms with Gasteiger partial charge in [-0.15, -0.1) is 0 Å². The van der Waals surface area contributed by atoms with Crippen LogP contribution in [-0.4, -0.2) is 11.4 Å². The van der Waals surface area contributed by atoms with Crippen LogP contribution in [-0.2, 0) is 0 Å². The van der Waals surface area contributed by atoms with Crippen molar-refractivity contribution in [3.05, 3.63) is 29.1 Å². The fourth-order valence-electron chi connectivity index (χ4n) is 2.10.